The maximum Gasteiger partial charge on any atom is 0.0199 e. The normalized spacial score (nSPS) is 11.9. The second-order valence-electron chi connectivity index (χ2n) is 2.72. The van der Waals surface area contributed by atoms with Gasteiger partial charge in [-0.1, -0.05) is 33.1 Å². The Morgan fingerprint density at radius 3 is 2.60 bits per heavy atom. The van der Waals surface area contributed by atoms with Crippen molar-refractivity contribution in [1.82, 2.24) is 0 Å². The van der Waals surface area contributed by atoms with Crippen molar-refractivity contribution in [3.63, 3.8) is 0 Å². The highest BCUT2D eigenvalue weighted by Crippen LogP contribution is 2.07. The van der Waals surface area contributed by atoms with Crippen LogP contribution in [0, 0.1) is 24.7 Å². The van der Waals surface area contributed by atoms with E-state index in [9.17, 15) is 0 Å². The van der Waals surface area contributed by atoms with E-state index in [1.54, 1.807) is 0 Å². The maximum atomic E-state index is 3.49. The van der Waals surface area contributed by atoms with Gasteiger partial charge in [0.2, 0.25) is 0 Å². The fourth-order valence-corrected chi connectivity index (χ4v) is 0.947. The summed E-state index contributed by atoms with van der Waals surface area (Å²) in [5, 5.41) is 0. The Balaban J connectivity index is 3.18. The minimum Gasteiger partial charge on any atom is -0.102 e. The number of unbranched alkanes of at least 4 members (excludes halogenated alkanes) is 2. The summed E-state index contributed by atoms with van der Waals surface area (Å²) in [5.41, 5.74) is 0. The molecule has 1 radical (unpaired) electrons. The van der Waals surface area contributed by atoms with Crippen molar-refractivity contribution in [2.75, 3.05) is 0 Å². The lowest BCUT2D eigenvalue weighted by Crippen LogP contribution is -1.89. The van der Waals surface area contributed by atoms with Gasteiger partial charge in [-0.25, -0.2) is 0 Å². The molecule has 0 aromatic heterocycles. The summed E-state index contributed by atoms with van der Waals surface area (Å²) in [6, 6.07) is 0. The smallest absolute Gasteiger partial charge is 0.0199 e. The van der Waals surface area contributed by atoms with Crippen LogP contribution >= 0.6 is 0 Å². The van der Waals surface area contributed by atoms with Gasteiger partial charge in [0.25, 0.3) is 0 Å². The molecule has 1 unspecified atom stereocenters. The van der Waals surface area contributed by atoms with Gasteiger partial charge in [-0.05, 0) is 6.42 Å². The quantitative estimate of drug-likeness (QED) is 0.412. The summed E-state index contributed by atoms with van der Waals surface area (Å²) in [7, 11) is 0. The van der Waals surface area contributed by atoms with Crippen molar-refractivity contribution in [1.29, 1.82) is 0 Å². The van der Waals surface area contributed by atoms with Crippen molar-refractivity contribution in [3.05, 3.63) is 6.92 Å². The molecule has 0 spiro atoms. The molecule has 0 fully saturated rings. The zero-order valence-electron chi connectivity index (χ0n) is 7.11. The zero-order chi connectivity index (χ0) is 7.82. The van der Waals surface area contributed by atoms with E-state index in [0.717, 1.165) is 0 Å². The molecular weight excluding hydrogens is 120 g/mol. The van der Waals surface area contributed by atoms with Gasteiger partial charge in [0.1, 0.15) is 0 Å². The lowest BCUT2D eigenvalue weighted by molar-refractivity contribution is 0.588. The van der Waals surface area contributed by atoms with E-state index in [0.29, 0.717) is 5.92 Å². The number of hydrogen-bond donors (Lipinski definition) is 0. The lowest BCUT2D eigenvalue weighted by Gasteiger charge is -2.00. The summed E-state index contributed by atoms with van der Waals surface area (Å²) < 4.78 is 0. The molecule has 57 valence electrons. The Morgan fingerprint density at radius 1 is 1.40 bits per heavy atom. The molecule has 0 saturated carbocycles. The molecule has 1 atom stereocenters. The van der Waals surface area contributed by atoms with E-state index >= 15 is 0 Å². The van der Waals surface area contributed by atoms with E-state index < -0.39 is 0 Å². The minimum absolute atomic E-state index is 0.545. The topological polar surface area (TPSA) is 0 Å². The fourth-order valence-electron chi connectivity index (χ4n) is 0.947. The Labute approximate surface area is 65.0 Å². The van der Waals surface area contributed by atoms with E-state index in [4.69, 9.17) is 0 Å². The largest absolute Gasteiger partial charge is 0.102 e. The molecule has 0 saturated heterocycles. The van der Waals surface area contributed by atoms with Crippen molar-refractivity contribution < 1.29 is 0 Å². The van der Waals surface area contributed by atoms with Crippen molar-refractivity contribution in [2.24, 2.45) is 5.92 Å². The second-order valence-corrected chi connectivity index (χ2v) is 2.72. The highest BCUT2D eigenvalue weighted by Gasteiger charge is 1.94. The first kappa shape index (κ1) is 9.56. The van der Waals surface area contributed by atoms with Gasteiger partial charge in [0, 0.05) is 12.8 Å². The van der Waals surface area contributed by atoms with Gasteiger partial charge < -0.3 is 0 Å². The molecule has 0 aliphatic rings. The molecule has 0 aromatic rings. The third-order valence-electron chi connectivity index (χ3n) is 1.59. The third kappa shape index (κ3) is 5.69. The zero-order valence-corrected chi connectivity index (χ0v) is 7.11. The van der Waals surface area contributed by atoms with Crippen LogP contribution in [0.4, 0.5) is 0 Å². The fraction of sp³-hybridized carbons (Fsp3) is 0.700. The second kappa shape index (κ2) is 6.68. The molecule has 0 rings (SSSR count). The van der Waals surface area contributed by atoms with Crippen molar-refractivity contribution >= 4 is 0 Å². The Hall–Kier alpha value is -0.440. The van der Waals surface area contributed by atoms with E-state index in [-0.39, 0.29) is 0 Å². The molecular formula is C10H17. The predicted octanol–water partition coefficient (Wildman–Crippen LogP) is 3.04. The van der Waals surface area contributed by atoms with Gasteiger partial charge in [0.15, 0.2) is 0 Å². The molecule has 0 N–H and O–H groups in total. The first-order valence-electron chi connectivity index (χ1n) is 4.08. The first-order valence-corrected chi connectivity index (χ1v) is 4.08. The molecule has 0 aromatic carbocycles. The van der Waals surface area contributed by atoms with Crippen LogP contribution in [0.15, 0.2) is 0 Å². The van der Waals surface area contributed by atoms with Crippen LogP contribution in [0.2, 0.25) is 0 Å². The molecule has 0 amide bonds. The summed E-state index contributed by atoms with van der Waals surface area (Å²) >= 11 is 0. The molecule has 0 heteroatoms. The van der Waals surface area contributed by atoms with Gasteiger partial charge in [-0.3, -0.25) is 0 Å². The monoisotopic (exact) mass is 137 g/mol. The van der Waals surface area contributed by atoms with E-state index in [2.05, 4.69) is 32.6 Å². The average Bonchev–Trinajstić information content (AvgIpc) is 1.89. The summed E-state index contributed by atoms with van der Waals surface area (Å²) in [6.45, 7) is 7.87. The standard InChI is InChI=1S/C10H17/c1-4-6-7-9-10(3)8-5-2/h10H,2,4,6-7,9H2,1,3H3. The molecule has 0 aliphatic carbocycles. The predicted molar refractivity (Wildman–Crippen MR) is 46.4 cm³/mol. The third-order valence-corrected chi connectivity index (χ3v) is 1.59. The van der Waals surface area contributed by atoms with Crippen LogP contribution in [0.25, 0.3) is 0 Å². The van der Waals surface area contributed by atoms with E-state index in [1.807, 2.05) is 0 Å². The lowest BCUT2D eigenvalue weighted by atomic mass is 10.0. The number of rotatable bonds is 4. The molecule has 0 heterocycles. The Kier molecular flexibility index (Phi) is 6.38. The Bertz CT molecular complexity index is 114. The first-order chi connectivity index (χ1) is 4.81. The highest BCUT2D eigenvalue weighted by atomic mass is 14.0. The minimum atomic E-state index is 0.545. The van der Waals surface area contributed by atoms with Crippen molar-refractivity contribution in [3.8, 4) is 11.8 Å². The van der Waals surface area contributed by atoms with Crippen LogP contribution in [0.3, 0.4) is 0 Å². The van der Waals surface area contributed by atoms with Crippen LogP contribution in [0.1, 0.15) is 39.5 Å². The summed E-state index contributed by atoms with van der Waals surface area (Å²) in [5.74, 6) is 6.28. The molecule has 0 aliphatic heterocycles. The maximum absolute atomic E-state index is 3.49. The molecule has 0 nitrogen and oxygen atoms in total. The SMILES string of the molecule is [CH2]C#CC(C)CCCCC. The number of hydrogen-bond acceptors (Lipinski definition) is 0. The van der Waals surface area contributed by atoms with Gasteiger partial charge in [-0.15, -0.1) is 11.8 Å². The van der Waals surface area contributed by atoms with Gasteiger partial charge in [-0.2, -0.15) is 0 Å². The van der Waals surface area contributed by atoms with Crippen LogP contribution in [-0.2, 0) is 0 Å². The van der Waals surface area contributed by atoms with Crippen LogP contribution < -0.4 is 0 Å². The highest BCUT2D eigenvalue weighted by molar-refractivity contribution is 5.04. The van der Waals surface area contributed by atoms with Gasteiger partial charge >= 0.3 is 0 Å². The Morgan fingerprint density at radius 2 is 2.10 bits per heavy atom. The van der Waals surface area contributed by atoms with Crippen LogP contribution in [-0.4, -0.2) is 0 Å². The van der Waals surface area contributed by atoms with E-state index in [1.165, 1.54) is 25.7 Å². The molecule has 0 bridgehead atoms. The van der Waals surface area contributed by atoms with Crippen molar-refractivity contribution in [2.45, 2.75) is 39.5 Å². The average molecular weight is 137 g/mol. The van der Waals surface area contributed by atoms with Crippen LogP contribution in [0.5, 0.6) is 0 Å². The summed E-state index contributed by atoms with van der Waals surface area (Å²) in [6.07, 6.45) is 5.18. The van der Waals surface area contributed by atoms with Gasteiger partial charge in [0.05, 0.1) is 0 Å². The molecule has 10 heavy (non-hydrogen) atoms. The summed E-state index contributed by atoms with van der Waals surface area (Å²) in [4.78, 5) is 0.